The van der Waals surface area contributed by atoms with Crippen molar-refractivity contribution in [3.63, 3.8) is 0 Å². The van der Waals surface area contributed by atoms with E-state index in [0.29, 0.717) is 25.5 Å². The van der Waals surface area contributed by atoms with Crippen molar-refractivity contribution in [3.8, 4) is 6.07 Å². The number of carbonyl (C=O) groups is 1. The van der Waals surface area contributed by atoms with Crippen molar-refractivity contribution in [2.75, 3.05) is 25.5 Å². The van der Waals surface area contributed by atoms with Crippen LogP contribution in [-0.4, -0.2) is 48.5 Å². The monoisotopic (exact) mass is 271 g/mol. The number of ether oxygens (including phenoxy) is 1. The van der Waals surface area contributed by atoms with Crippen molar-refractivity contribution in [1.82, 2.24) is 10.2 Å². The van der Waals surface area contributed by atoms with Crippen LogP contribution in [0.1, 0.15) is 13.8 Å². The molecule has 6 heteroatoms. The normalized spacial score (nSPS) is 24.6. The molecule has 1 amide bonds. The van der Waals surface area contributed by atoms with Crippen molar-refractivity contribution >= 4 is 17.5 Å². The fraction of sp³-hybridized carbons (Fsp3) is 0.667. The van der Waals surface area contributed by atoms with Crippen molar-refractivity contribution < 1.29 is 9.53 Å². The number of carbonyl (C=O) groups excluding carboxylic acids is 1. The molecule has 0 aromatic carbocycles. The van der Waals surface area contributed by atoms with E-state index >= 15 is 0 Å². The molecule has 100 valence electrons. The molecule has 1 aliphatic rings. The third-order valence-corrected chi connectivity index (χ3v) is 2.69. The van der Waals surface area contributed by atoms with Crippen molar-refractivity contribution in [2.45, 2.75) is 26.1 Å². The molecule has 0 spiro atoms. The smallest absolute Gasteiger partial charge is 0.263 e. The van der Waals surface area contributed by atoms with Crippen LogP contribution >= 0.6 is 11.6 Å². The summed E-state index contributed by atoms with van der Waals surface area (Å²) in [6, 6.07) is 1.91. The second-order valence-electron chi connectivity index (χ2n) is 4.31. The van der Waals surface area contributed by atoms with Crippen LogP contribution in [0.5, 0.6) is 0 Å². The predicted octanol–water partition coefficient (Wildman–Crippen LogP) is 0.858. The molecule has 1 rings (SSSR count). The lowest BCUT2D eigenvalue weighted by Gasteiger charge is -2.34. The Hall–Kier alpha value is -1.25. The number of nitrogens with zero attached hydrogens (tertiary/aromatic N) is 2. The number of hydrogen-bond donors (Lipinski definition) is 1. The molecule has 0 aromatic heterocycles. The number of nitrogens with one attached hydrogen (secondary N) is 1. The van der Waals surface area contributed by atoms with E-state index in [4.69, 9.17) is 21.6 Å². The number of hydrogen-bond acceptors (Lipinski definition) is 4. The number of rotatable bonds is 4. The molecule has 1 saturated heterocycles. The minimum absolute atomic E-state index is 0.0934. The van der Waals surface area contributed by atoms with E-state index in [-0.39, 0.29) is 23.7 Å². The Balaban J connectivity index is 2.66. The van der Waals surface area contributed by atoms with E-state index in [0.717, 1.165) is 0 Å². The molecule has 2 atom stereocenters. The maximum atomic E-state index is 11.7. The lowest BCUT2D eigenvalue weighted by atomic mass is 10.2. The van der Waals surface area contributed by atoms with E-state index in [1.54, 1.807) is 6.20 Å². The van der Waals surface area contributed by atoms with E-state index in [1.807, 2.05) is 24.8 Å². The predicted molar refractivity (Wildman–Crippen MR) is 69.0 cm³/mol. The topological polar surface area (TPSA) is 65.4 Å². The first-order valence-corrected chi connectivity index (χ1v) is 6.45. The van der Waals surface area contributed by atoms with Gasteiger partial charge >= 0.3 is 0 Å². The van der Waals surface area contributed by atoms with E-state index < -0.39 is 0 Å². The average Bonchev–Trinajstić information content (AvgIpc) is 2.31. The van der Waals surface area contributed by atoms with Crippen molar-refractivity contribution in [1.29, 1.82) is 5.26 Å². The molecule has 5 nitrogen and oxygen atoms in total. The van der Waals surface area contributed by atoms with Crippen LogP contribution in [-0.2, 0) is 9.53 Å². The van der Waals surface area contributed by atoms with Gasteiger partial charge in [-0.3, -0.25) is 4.79 Å². The zero-order valence-electron chi connectivity index (χ0n) is 10.6. The highest BCUT2D eigenvalue weighted by Crippen LogP contribution is 2.12. The maximum Gasteiger partial charge on any atom is 0.263 e. The van der Waals surface area contributed by atoms with Gasteiger partial charge in [0.25, 0.3) is 5.91 Å². The minimum Gasteiger partial charge on any atom is -0.372 e. The van der Waals surface area contributed by atoms with Gasteiger partial charge in [-0.05, 0) is 13.8 Å². The number of nitriles is 1. The van der Waals surface area contributed by atoms with Gasteiger partial charge in [-0.25, -0.2) is 0 Å². The van der Waals surface area contributed by atoms with E-state index in [9.17, 15) is 4.79 Å². The highest BCUT2D eigenvalue weighted by molar-refractivity contribution is 6.18. The molecule has 0 aromatic rings. The zero-order valence-corrected chi connectivity index (χ0v) is 11.4. The molecular weight excluding hydrogens is 254 g/mol. The number of morpholine rings is 1. The average molecular weight is 272 g/mol. The van der Waals surface area contributed by atoms with Gasteiger partial charge in [0.2, 0.25) is 0 Å². The van der Waals surface area contributed by atoms with Crippen molar-refractivity contribution in [3.05, 3.63) is 11.8 Å². The van der Waals surface area contributed by atoms with Crippen LogP contribution < -0.4 is 5.32 Å². The Kier molecular flexibility index (Phi) is 5.96. The molecule has 0 bridgehead atoms. The van der Waals surface area contributed by atoms with E-state index in [2.05, 4.69) is 5.32 Å². The fourth-order valence-corrected chi connectivity index (χ4v) is 1.99. The van der Waals surface area contributed by atoms with Gasteiger partial charge < -0.3 is 15.0 Å². The summed E-state index contributed by atoms with van der Waals surface area (Å²) >= 11 is 5.48. The molecule has 18 heavy (non-hydrogen) atoms. The van der Waals surface area contributed by atoms with Crippen LogP contribution in [0, 0.1) is 11.3 Å². The first kappa shape index (κ1) is 14.8. The number of halogens is 1. The van der Waals surface area contributed by atoms with Gasteiger partial charge in [-0.2, -0.15) is 5.26 Å². The molecule has 1 fully saturated rings. The van der Waals surface area contributed by atoms with Crippen molar-refractivity contribution in [2.24, 2.45) is 0 Å². The highest BCUT2D eigenvalue weighted by atomic mass is 35.5. The summed E-state index contributed by atoms with van der Waals surface area (Å²) in [5.74, 6) is -0.0549. The Morgan fingerprint density at radius 2 is 2.17 bits per heavy atom. The lowest BCUT2D eigenvalue weighted by molar-refractivity contribution is -0.117. The maximum absolute atomic E-state index is 11.7. The Bertz CT molecular complexity index is 355. The van der Waals surface area contributed by atoms with Crippen LogP contribution in [0.2, 0.25) is 0 Å². The van der Waals surface area contributed by atoms with Gasteiger partial charge in [-0.1, -0.05) is 0 Å². The standard InChI is InChI=1S/C12H18ClN3O2/c1-9-6-16(7-10(2)18-9)8-11(5-14)12(17)15-4-3-13/h8-10H,3-4,6-7H2,1-2H3,(H,15,17)/b11-8-. The largest absolute Gasteiger partial charge is 0.372 e. The van der Waals surface area contributed by atoms with Gasteiger partial charge in [0.05, 0.1) is 12.2 Å². The Morgan fingerprint density at radius 1 is 1.56 bits per heavy atom. The quantitative estimate of drug-likeness (QED) is 0.468. The molecular formula is C12H18ClN3O2. The molecule has 0 saturated carbocycles. The molecule has 1 N–H and O–H groups in total. The van der Waals surface area contributed by atoms with Crippen LogP contribution in [0.4, 0.5) is 0 Å². The minimum atomic E-state index is -0.384. The molecule has 1 heterocycles. The third kappa shape index (κ3) is 4.55. The van der Waals surface area contributed by atoms with Gasteiger partial charge in [0.15, 0.2) is 0 Å². The first-order valence-electron chi connectivity index (χ1n) is 5.92. The Labute approximate surface area is 112 Å². The number of alkyl halides is 1. The van der Waals surface area contributed by atoms with Crippen LogP contribution in [0.15, 0.2) is 11.8 Å². The van der Waals surface area contributed by atoms with Crippen LogP contribution in [0.25, 0.3) is 0 Å². The molecule has 2 unspecified atom stereocenters. The highest BCUT2D eigenvalue weighted by Gasteiger charge is 2.21. The van der Waals surface area contributed by atoms with Gasteiger partial charge in [-0.15, -0.1) is 11.6 Å². The summed E-state index contributed by atoms with van der Waals surface area (Å²) in [5.41, 5.74) is 0.0985. The molecule has 0 aliphatic carbocycles. The Morgan fingerprint density at radius 3 is 2.67 bits per heavy atom. The SMILES string of the molecule is CC1CN(/C=C(/C#N)C(=O)NCCCl)CC(C)O1. The fourth-order valence-electron chi connectivity index (χ4n) is 1.90. The molecule has 1 aliphatic heterocycles. The second kappa shape index (κ2) is 7.24. The van der Waals surface area contributed by atoms with Gasteiger partial charge in [0.1, 0.15) is 11.6 Å². The molecule has 0 radical (unpaired) electrons. The summed E-state index contributed by atoms with van der Waals surface area (Å²) < 4.78 is 5.59. The van der Waals surface area contributed by atoms with E-state index in [1.165, 1.54) is 0 Å². The third-order valence-electron chi connectivity index (χ3n) is 2.50. The first-order chi connectivity index (χ1) is 8.56. The zero-order chi connectivity index (χ0) is 13.5. The van der Waals surface area contributed by atoms with Crippen LogP contribution in [0.3, 0.4) is 0 Å². The summed E-state index contributed by atoms with van der Waals surface area (Å²) in [4.78, 5) is 13.6. The summed E-state index contributed by atoms with van der Waals surface area (Å²) in [7, 11) is 0. The van der Waals surface area contributed by atoms with Gasteiger partial charge in [0, 0.05) is 31.7 Å². The summed E-state index contributed by atoms with van der Waals surface area (Å²) in [6.45, 7) is 5.65. The second-order valence-corrected chi connectivity index (χ2v) is 4.69. The number of amides is 1. The summed E-state index contributed by atoms with van der Waals surface area (Å²) in [6.07, 6.45) is 1.78. The lowest BCUT2D eigenvalue weighted by Crippen LogP contribution is -2.43. The summed E-state index contributed by atoms with van der Waals surface area (Å²) in [5, 5.41) is 11.6.